The van der Waals surface area contributed by atoms with Crippen LogP contribution in [0.3, 0.4) is 0 Å². The predicted molar refractivity (Wildman–Crippen MR) is 78.1 cm³/mol. The van der Waals surface area contributed by atoms with Gasteiger partial charge in [0.2, 0.25) is 5.60 Å². The highest BCUT2D eigenvalue weighted by molar-refractivity contribution is 5.84. The third kappa shape index (κ3) is 3.05. The Morgan fingerprint density at radius 2 is 2.05 bits per heavy atom. The maximum atomic E-state index is 12.2. The zero-order valence-electron chi connectivity index (χ0n) is 12.6. The van der Waals surface area contributed by atoms with Crippen LogP contribution in [0, 0.1) is 0 Å². The van der Waals surface area contributed by atoms with Crippen LogP contribution in [0.15, 0.2) is 24.3 Å². The molecule has 1 fully saturated rings. The number of esters is 2. The fourth-order valence-electron chi connectivity index (χ4n) is 2.51. The Bertz CT molecular complexity index is 563. The van der Waals surface area contributed by atoms with E-state index in [4.69, 9.17) is 19.9 Å². The van der Waals surface area contributed by atoms with Crippen molar-refractivity contribution in [1.29, 1.82) is 0 Å². The van der Waals surface area contributed by atoms with Crippen LogP contribution in [-0.2, 0) is 25.6 Å². The maximum Gasteiger partial charge on any atom is 0.351 e. The summed E-state index contributed by atoms with van der Waals surface area (Å²) < 4.78 is 15.5. The highest BCUT2D eigenvalue weighted by atomic mass is 16.6. The molecule has 0 spiro atoms. The Morgan fingerprint density at radius 1 is 1.32 bits per heavy atom. The Kier molecular flexibility index (Phi) is 4.99. The van der Waals surface area contributed by atoms with Gasteiger partial charge in [-0.25, -0.2) is 4.79 Å². The highest BCUT2D eigenvalue weighted by Gasteiger charge is 2.51. The number of hydrogen-bond donors (Lipinski definition) is 2. The van der Waals surface area contributed by atoms with Crippen molar-refractivity contribution in [2.24, 2.45) is 5.73 Å². The lowest BCUT2D eigenvalue weighted by atomic mass is 9.99. The molecule has 7 nitrogen and oxygen atoms in total. The van der Waals surface area contributed by atoms with Gasteiger partial charge in [-0.15, -0.1) is 0 Å². The van der Waals surface area contributed by atoms with Crippen molar-refractivity contribution in [3.63, 3.8) is 0 Å². The lowest BCUT2D eigenvalue weighted by molar-refractivity contribution is -0.158. The van der Waals surface area contributed by atoms with Crippen LogP contribution in [0.5, 0.6) is 5.75 Å². The number of methoxy groups -OCH3 is 2. The number of nitrogens with two attached hydrogens (primary N) is 1. The van der Waals surface area contributed by atoms with Gasteiger partial charge in [0, 0.05) is 25.1 Å². The lowest BCUT2D eigenvalue weighted by Gasteiger charge is -2.27. The molecule has 7 heteroatoms. The fourth-order valence-corrected chi connectivity index (χ4v) is 2.51. The van der Waals surface area contributed by atoms with Gasteiger partial charge in [0.1, 0.15) is 11.8 Å². The highest BCUT2D eigenvalue weighted by Crippen LogP contribution is 2.30. The molecule has 0 aliphatic carbocycles. The number of nitrogens with one attached hydrogen (secondary N) is 1. The number of hydrogen-bond acceptors (Lipinski definition) is 7. The first-order chi connectivity index (χ1) is 10.6. The number of benzene rings is 1. The molecule has 0 aromatic heterocycles. The second kappa shape index (κ2) is 6.76. The number of rotatable bonds is 5. The van der Waals surface area contributed by atoms with Crippen LogP contribution in [-0.4, -0.2) is 44.3 Å². The molecule has 0 amide bonds. The van der Waals surface area contributed by atoms with Crippen LogP contribution < -0.4 is 15.8 Å². The molecule has 0 radical (unpaired) electrons. The third-order valence-corrected chi connectivity index (χ3v) is 3.71. The average Bonchev–Trinajstić information content (AvgIpc) is 2.99. The smallest absolute Gasteiger partial charge is 0.351 e. The van der Waals surface area contributed by atoms with Gasteiger partial charge in [0.15, 0.2) is 0 Å². The Labute approximate surface area is 128 Å². The molecule has 1 heterocycles. The summed E-state index contributed by atoms with van der Waals surface area (Å²) in [4.78, 5) is 23.9. The number of carbonyl (C=O) groups is 2. The molecule has 22 heavy (non-hydrogen) atoms. The van der Waals surface area contributed by atoms with Gasteiger partial charge in [-0.3, -0.25) is 10.1 Å². The fraction of sp³-hybridized carbons (Fsp3) is 0.467. The molecule has 1 aromatic carbocycles. The zero-order chi connectivity index (χ0) is 16.2. The Balaban J connectivity index is 2.28. The van der Waals surface area contributed by atoms with Crippen molar-refractivity contribution in [2.75, 3.05) is 20.8 Å². The molecule has 0 saturated carbocycles. The quantitative estimate of drug-likeness (QED) is 0.737. The van der Waals surface area contributed by atoms with E-state index >= 15 is 0 Å². The molecule has 2 rings (SSSR count). The Morgan fingerprint density at radius 3 is 2.68 bits per heavy atom. The minimum absolute atomic E-state index is 0.130. The minimum atomic E-state index is -1.28. The van der Waals surface area contributed by atoms with Crippen LogP contribution in [0.1, 0.15) is 12.0 Å². The molecular weight excluding hydrogens is 288 g/mol. The first kappa shape index (κ1) is 16.3. The first-order valence-electron chi connectivity index (χ1n) is 6.93. The molecule has 3 N–H and O–H groups in total. The molecule has 0 bridgehead atoms. The zero-order valence-corrected chi connectivity index (χ0v) is 12.6. The number of carbonyl (C=O) groups excluding carboxylic acids is 2. The van der Waals surface area contributed by atoms with Crippen LogP contribution in [0.2, 0.25) is 0 Å². The van der Waals surface area contributed by atoms with Gasteiger partial charge >= 0.3 is 11.9 Å². The number of ether oxygens (including phenoxy) is 3. The molecule has 1 aliphatic heterocycles. The van der Waals surface area contributed by atoms with Gasteiger partial charge in [0.25, 0.3) is 0 Å². The van der Waals surface area contributed by atoms with Gasteiger partial charge in [-0.1, -0.05) is 18.2 Å². The molecule has 1 saturated heterocycles. The summed E-state index contributed by atoms with van der Waals surface area (Å²) in [5.41, 5.74) is 5.18. The van der Waals surface area contributed by atoms with Gasteiger partial charge < -0.3 is 19.9 Å². The average molecular weight is 308 g/mol. The summed E-state index contributed by atoms with van der Waals surface area (Å²) >= 11 is 0. The molecule has 120 valence electrons. The van der Waals surface area contributed by atoms with E-state index in [0.29, 0.717) is 5.75 Å². The summed E-state index contributed by atoms with van der Waals surface area (Å²) in [6.45, 7) is 0.430. The Hall–Kier alpha value is -2.12. The molecule has 1 aliphatic rings. The molecular formula is C15H20N2O5. The third-order valence-electron chi connectivity index (χ3n) is 3.71. The summed E-state index contributed by atoms with van der Waals surface area (Å²) in [7, 11) is 2.58. The van der Waals surface area contributed by atoms with Gasteiger partial charge in [0.05, 0.1) is 14.2 Å². The van der Waals surface area contributed by atoms with Crippen LogP contribution in [0.25, 0.3) is 0 Å². The summed E-state index contributed by atoms with van der Waals surface area (Å²) in [6.07, 6.45) is 0.130. The second-order valence-corrected chi connectivity index (χ2v) is 5.06. The van der Waals surface area contributed by atoms with Crippen molar-refractivity contribution in [3.05, 3.63) is 29.8 Å². The van der Waals surface area contributed by atoms with Gasteiger partial charge in [-0.2, -0.15) is 0 Å². The van der Waals surface area contributed by atoms with Gasteiger partial charge in [-0.05, 0) is 6.07 Å². The van der Waals surface area contributed by atoms with E-state index in [0.717, 1.165) is 5.56 Å². The molecule has 0 unspecified atom stereocenters. The number of para-hydroxylation sites is 1. The van der Waals surface area contributed by atoms with E-state index < -0.39 is 23.6 Å². The van der Waals surface area contributed by atoms with Crippen molar-refractivity contribution >= 4 is 11.9 Å². The predicted octanol–water partition coefficient (Wildman–Crippen LogP) is -0.0292. The van der Waals surface area contributed by atoms with E-state index in [-0.39, 0.29) is 19.5 Å². The molecule has 1 aromatic rings. The minimum Gasteiger partial charge on any atom is -0.474 e. The van der Waals surface area contributed by atoms with Crippen LogP contribution >= 0.6 is 0 Å². The summed E-state index contributed by atoms with van der Waals surface area (Å²) in [6, 6.07) is 6.57. The SMILES string of the molecule is COC(=O)[C@@H]1C[C@](Oc2ccccc2CN)(C(=O)OC)CN1. The summed E-state index contributed by atoms with van der Waals surface area (Å²) in [5, 5.41) is 2.94. The van der Waals surface area contributed by atoms with Crippen molar-refractivity contribution in [1.82, 2.24) is 5.32 Å². The van der Waals surface area contributed by atoms with E-state index in [1.54, 1.807) is 12.1 Å². The largest absolute Gasteiger partial charge is 0.474 e. The standard InChI is InChI=1S/C15H20N2O5/c1-20-13(18)11-7-15(9-17-11,14(19)21-2)22-12-6-4-3-5-10(12)8-16/h3-6,11,17H,7-9,16H2,1-2H3/t11-,15+/m0/s1. The van der Waals surface area contributed by atoms with E-state index in [9.17, 15) is 9.59 Å². The van der Waals surface area contributed by atoms with Crippen molar-refractivity contribution < 1.29 is 23.8 Å². The summed E-state index contributed by atoms with van der Waals surface area (Å²) in [5.74, 6) is -0.484. The lowest BCUT2D eigenvalue weighted by Crippen LogP contribution is -2.47. The normalized spacial score (nSPS) is 23.9. The van der Waals surface area contributed by atoms with E-state index in [2.05, 4.69) is 5.32 Å². The molecule has 2 atom stereocenters. The monoisotopic (exact) mass is 308 g/mol. The van der Waals surface area contributed by atoms with E-state index in [1.807, 2.05) is 12.1 Å². The van der Waals surface area contributed by atoms with Crippen molar-refractivity contribution in [2.45, 2.75) is 24.6 Å². The van der Waals surface area contributed by atoms with E-state index in [1.165, 1.54) is 14.2 Å². The second-order valence-electron chi connectivity index (χ2n) is 5.06. The first-order valence-corrected chi connectivity index (χ1v) is 6.93. The maximum absolute atomic E-state index is 12.2. The van der Waals surface area contributed by atoms with Crippen molar-refractivity contribution in [3.8, 4) is 5.75 Å². The topological polar surface area (TPSA) is 99.9 Å². The van der Waals surface area contributed by atoms with Crippen LogP contribution in [0.4, 0.5) is 0 Å².